The molecule has 0 radical (unpaired) electrons. The first-order valence-electron chi connectivity index (χ1n) is 8.13. The number of nitrogens with zero attached hydrogens (tertiary/aromatic N) is 1. The van der Waals surface area contributed by atoms with Gasteiger partial charge in [-0.3, -0.25) is 9.52 Å². The van der Waals surface area contributed by atoms with E-state index in [9.17, 15) is 13.2 Å². The summed E-state index contributed by atoms with van der Waals surface area (Å²) in [6.07, 6.45) is 1.51. The summed E-state index contributed by atoms with van der Waals surface area (Å²) in [5, 5.41) is 5.15. The molecule has 0 bridgehead atoms. The van der Waals surface area contributed by atoms with Crippen LogP contribution in [0.15, 0.2) is 65.0 Å². The van der Waals surface area contributed by atoms with E-state index in [2.05, 4.69) is 15.0 Å². The Morgan fingerprint density at radius 2 is 1.89 bits per heavy atom. The zero-order valence-electron chi connectivity index (χ0n) is 14.5. The second-order valence-electron chi connectivity index (χ2n) is 5.50. The number of amides is 1. The molecule has 1 aromatic heterocycles. The van der Waals surface area contributed by atoms with E-state index < -0.39 is 10.0 Å². The Balaban J connectivity index is 1.53. The number of sulfonamides is 1. The molecule has 0 unspecified atom stereocenters. The minimum atomic E-state index is -3.75. The van der Waals surface area contributed by atoms with Crippen LogP contribution in [0.1, 0.15) is 10.4 Å². The third-order valence-corrected chi connectivity index (χ3v) is 6.05. The number of para-hydroxylation sites is 1. The van der Waals surface area contributed by atoms with E-state index in [1.807, 2.05) is 0 Å². The molecule has 7 nitrogen and oxygen atoms in total. The molecule has 0 fully saturated rings. The number of nitrogens with one attached hydrogen (secondary N) is 2. The number of benzene rings is 2. The van der Waals surface area contributed by atoms with Gasteiger partial charge in [-0.1, -0.05) is 23.7 Å². The summed E-state index contributed by atoms with van der Waals surface area (Å²) < 4.78 is 32.4. The Hall–Kier alpha value is -2.62. The molecule has 3 aromatic rings. The van der Waals surface area contributed by atoms with Gasteiger partial charge in [-0.2, -0.15) is 0 Å². The second-order valence-corrected chi connectivity index (χ2v) is 8.49. The number of aromatic nitrogens is 1. The third-order valence-electron chi connectivity index (χ3n) is 3.56. The Kier molecular flexibility index (Phi) is 6.50. The summed E-state index contributed by atoms with van der Waals surface area (Å²) in [6.45, 7) is 0.523. The van der Waals surface area contributed by atoms with Gasteiger partial charge in [-0.25, -0.2) is 13.4 Å². The van der Waals surface area contributed by atoms with Gasteiger partial charge >= 0.3 is 0 Å². The standard InChI is InChI=1S/C18H16ClN3O4S2/c19-15-3-1-2-4-16(15)26-11-9-20-17(23)13-5-7-14(8-6-13)28(24,25)22-18-21-10-12-27-18/h1-8,10,12H,9,11H2,(H,20,23)(H,21,22). The lowest BCUT2D eigenvalue weighted by atomic mass is 10.2. The van der Waals surface area contributed by atoms with Crippen LogP contribution in [0, 0.1) is 0 Å². The molecule has 0 saturated heterocycles. The molecule has 0 atom stereocenters. The molecule has 2 aromatic carbocycles. The van der Waals surface area contributed by atoms with Crippen LogP contribution in [0.25, 0.3) is 0 Å². The van der Waals surface area contributed by atoms with Gasteiger partial charge in [-0.05, 0) is 36.4 Å². The van der Waals surface area contributed by atoms with Crippen LogP contribution in [-0.4, -0.2) is 32.5 Å². The van der Waals surface area contributed by atoms with Crippen molar-refractivity contribution in [3.63, 3.8) is 0 Å². The maximum Gasteiger partial charge on any atom is 0.263 e. The van der Waals surface area contributed by atoms with Crippen molar-refractivity contribution >= 4 is 44.0 Å². The van der Waals surface area contributed by atoms with E-state index in [-0.39, 0.29) is 29.1 Å². The van der Waals surface area contributed by atoms with Crippen molar-refractivity contribution in [2.45, 2.75) is 4.90 Å². The van der Waals surface area contributed by atoms with Crippen molar-refractivity contribution < 1.29 is 17.9 Å². The van der Waals surface area contributed by atoms with E-state index in [1.54, 1.807) is 29.6 Å². The van der Waals surface area contributed by atoms with Crippen LogP contribution in [0.2, 0.25) is 5.02 Å². The first-order chi connectivity index (χ1) is 13.5. The van der Waals surface area contributed by atoms with Gasteiger partial charge in [0.1, 0.15) is 12.4 Å². The second kappa shape index (κ2) is 9.05. The number of carbonyl (C=O) groups is 1. The molecule has 0 aliphatic heterocycles. The van der Waals surface area contributed by atoms with E-state index >= 15 is 0 Å². The van der Waals surface area contributed by atoms with Gasteiger partial charge in [0.05, 0.1) is 16.5 Å². The Labute approximate surface area is 171 Å². The zero-order chi connectivity index (χ0) is 20.0. The molecule has 0 saturated carbocycles. The number of hydrogen-bond donors (Lipinski definition) is 2. The fourth-order valence-electron chi connectivity index (χ4n) is 2.22. The fraction of sp³-hybridized carbons (Fsp3) is 0.111. The lowest BCUT2D eigenvalue weighted by Crippen LogP contribution is -2.28. The van der Waals surface area contributed by atoms with Crippen molar-refractivity contribution in [3.8, 4) is 5.75 Å². The van der Waals surface area contributed by atoms with Crippen molar-refractivity contribution in [2.75, 3.05) is 17.9 Å². The van der Waals surface area contributed by atoms with E-state index in [4.69, 9.17) is 16.3 Å². The first kappa shape index (κ1) is 20.1. The molecule has 1 amide bonds. The lowest BCUT2D eigenvalue weighted by molar-refractivity contribution is 0.0947. The molecule has 0 aliphatic carbocycles. The summed E-state index contributed by atoms with van der Waals surface area (Å²) in [5.74, 6) is 0.209. The van der Waals surface area contributed by atoms with Gasteiger partial charge in [0.25, 0.3) is 15.9 Å². The molecular weight excluding hydrogens is 422 g/mol. The lowest BCUT2D eigenvalue weighted by Gasteiger charge is -2.09. The number of carbonyl (C=O) groups excluding carboxylic acids is 1. The van der Waals surface area contributed by atoms with Crippen molar-refractivity contribution in [1.29, 1.82) is 0 Å². The largest absolute Gasteiger partial charge is 0.490 e. The number of thiazole rings is 1. The summed E-state index contributed by atoms with van der Waals surface area (Å²) in [6, 6.07) is 12.7. The Morgan fingerprint density at radius 3 is 2.57 bits per heavy atom. The van der Waals surface area contributed by atoms with Gasteiger partial charge in [0.2, 0.25) is 0 Å². The monoisotopic (exact) mass is 437 g/mol. The quantitative estimate of drug-likeness (QED) is 0.526. The van der Waals surface area contributed by atoms with Crippen molar-refractivity contribution in [2.24, 2.45) is 0 Å². The number of ether oxygens (including phenoxy) is 1. The highest BCUT2D eigenvalue weighted by molar-refractivity contribution is 7.93. The van der Waals surface area contributed by atoms with Crippen molar-refractivity contribution in [3.05, 3.63) is 70.7 Å². The van der Waals surface area contributed by atoms with Crippen LogP contribution < -0.4 is 14.8 Å². The predicted octanol–water partition coefficient (Wildman–Crippen LogP) is 3.41. The number of anilines is 1. The maximum absolute atomic E-state index is 12.3. The minimum absolute atomic E-state index is 0.0429. The first-order valence-corrected chi connectivity index (χ1v) is 10.9. The average molecular weight is 438 g/mol. The number of hydrogen-bond acceptors (Lipinski definition) is 6. The zero-order valence-corrected chi connectivity index (χ0v) is 16.9. The van der Waals surface area contributed by atoms with Crippen LogP contribution >= 0.6 is 22.9 Å². The topological polar surface area (TPSA) is 97.4 Å². The molecular formula is C18H16ClN3O4S2. The smallest absolute Gasteiger partial charge is 0.263 e. The SMILES string of the molecule is O=C(NCCOc1ccccc1Cl)c1ccc(S(=O)(=O)Nc2nccs2)cc1. The highest BCUT2D eigenvalue weighted by Gasteiger charge is 2.16. The molecule has 1 heterocycles. The van der Waals surface area contributed by atoms with E-state index in [1.165, 1.54) is 41.8 Å². The third kappa shape index (κ3) is 5.22. The van der Waals surface area contributed by atoms with E-state index in [0.717, 1.165) is 0 Å². The molecule has 10 heteroatoms. The number of halogens is 1. The van der Waals surface area contributed by atoms with Crippen LogP contribution in [0.3, 0.4) is 0 Å². The summed E-state index contributed by atoms with van der Waals surface area (Å²) in [7, 11) is -3.75. The maximum atomic E-state index is 12.3. The highest BCUT2D eigenvalue weighted by atomic mass is 35.5. The number of rotatable bonds is 8. The van der Waals surface area contributed by atoms with Crippen LogP contribution in [-0.2, 0) is 10.0 Å². The molecule has 0 spiro atoms. The molecule has 3 rings (SSSR count). The van der Waals surface area contributed by atoms with Crippen molar-refractivity contribution in [1.82, 2.24) is 10.3 Å². The highest BCUT2D eigenvalue weighted by Crippen LogP contribution is 2.22. The molecule has 0 aliphatic rings. The average Bonchev–Trinajstić information content (AvgIpc) is 3.19. The van der Waals surface area contributed by atoms with Gasteiger partial charge < -0.3 is 10.1 Å². The van der Waals surface area contributed by atoms with E-state index in [0.29, 0.717) is 16.3 Å². The Bertz CT molecular complexity index is 1040. The minimum Gasteiger partial charge on any atom is -0.490 e. The Morgan fingerprint density at radius 1 is 1.14 bits per heavy atom. The predicted molar refractivity (Wildman–Crippen MR) is 109 cm³/mol. The summed E-state index contributed by atoms with van der Waals surface area (Å²) >= 11 is 7.17. The van der Waals surface area contributed by atoms with Gasteiger partial charge in [0, 0.05) is 17.1 Å². The molecule has 146 valence electrons. The molecule has 2 N–H and O–H groups in total. The molecule has 28 heavy (non-hydrogen) atoms. The van der Waals surface area contributed by atoms with Crippen LogP contribution in [0.5, 0.6) is 5.75 Å². The van der Waals surface area contributed by atoms with Gasteiger partial charge in [0.15, 0.2) is 5.13 Å². The fourth-order valence-corrected chi connectivity index (χ4v) is 4.20. The van der Waals surface area contributed by atoms with Crippen LogP contribution in [0.4, 0.5) is 5.13 Å². The van der Waals surface area contributed by atoms with Gasteiger partial charge in [-0.15, -0.1) is 11.3 Å². The summed E-state index contributed by atoms with van der Waals surface area (Å²) in [4.78, 5) is 16.1. The normalized spacial score (nSPS) is 11.0. The summed E-state index contributed by atoms with van der Waals surface area (Å²) in [5.41, 5.74) is 0.339.